The number of hydrogen-bond acceptors (Lipinski definition) is 6. The predicted molar refractivity (Wildman–Crippen MR) is 81.9 cm³/mol. The van der Waals surface area contributed by atoms with Gasteiger partial charge in [-0.1, -0.05) is 18.2 Å². The first-order chi connectivity index (χ1) is 11.0. The molecule has 0 aliphatic heterocycles. The van der Waals surface area contributed by atoms with Crippen LogP contribution >= 0.6 is 0 Å². The van der Waals surface area contributed by atoms with Gasteiger partial charge in [-0.25, -0.2) is 4.79 Å². The maximum Gasteiger partial charge on any atom is 0.353 e. The molecule has 0 atom stereocenters. The van der Waals surface area contributed by atoms with Crippen LogP contribution in [-0.4, -0.2) is 21.2 Å². The molecule has 0 bridgehead atoms. The number of anilines is 1. The van der Waals surface area contributed by atoms with Crippen molar-refractivity contribution >= 4 is 22.6 Å². The summed E-state index contributed by atoms with van der Waals surface area (Å²) < 4.78 is 4.90. The largest absolute Gasteiger partial charge is 0.508 e. The lowest BCUT2D eigenvalue weighted by molar-refractivity contribution is 0.102. The number of aromatic hydroxyl groups is 3. The van der Waals surface area contributed by atoms with Crippen molar-refractivity contribution in [3.8, 4) is 17.2 Å². The SMILES string of the molecule is O=C(Nc1ccccc1)c1c(O)c2c(O)cc(O)cc2oc1=O. The summed E-state index contributed by atoms with van der Waals surface area (Å²) in [5.74, 6) is -2.46. The molecule has 2 aromatic carbocycles. The van der Waals surface area contributed by atoms with Gasteiger partial charge in [0.15, 0.2) is 11.3 Å². The van der Waals surface area contributed by atoms with Crippen molar-refractivity contribution in [2.75, 3.05) is 5.32 Å². The van der Waals surface area contributed by atoms with Gasteiger partial charge in [0, 0.05) is 17.8 Å². The Kier molecular flexibility index (Phi) is 3.38. The Bertz CT molecular complexity index is 962. The molecule has 0 aliphatic carbocycles. The van der Waals surface area contributed by atoms with E-state index in [4.69, 9.17) is 4.42 Å². The first-order valence-electron chi connectivity index (χ1n) is 6.55. The van der Waals surface area contributed by atoms with Crippen molar-refractivity contribution in [2.24, 2.45) is 0 Å². The Morgan fingerprint density at radius 3 is 2.43 bits per heavy atom. The maximum absolute atomic E-state index is 12.2. The van der Waals surface area contributed by atoms with Crippen LogP contribution in [0.4, 0.5) is 5.69 Å². The third kappa shape index (κ3) is 2.55. The summed E-state index contributed by atoms with van der Waals surface area (Å²) in [7, 11) is 0. The lowest BCUT2D eigenvalue weighted by atomic mass is 10.1. The van der Waals surface area contributed by atoms with Crippen molar-refractivity contribution in [2.45, 2.75) is 0 Å². The third-order valence-electron chi connectivity index (χ3n) is 3.21. The van der Waals surface area contributed by atoms with E-state index in [0.717, 1.165) is 12.1 Å². The van der Waals surface area contributed by atoms with Crippen molar-refractivity contribution in [3.63, 3.8) is 0 Å². The van der Waals surface area contributed by atoms with Crippen molar-refractivity contribution in [1.29, 1.82) is 0 Å². The van der Waals surface area contributed by atoms with Crippen LogP contribution in [0.15, 0.2) is 51.7 Å². The van der Waals surface area contributed by atoms with Gasteiger partial charge < -0.3 is 25.1 Å². The molecule has 0 aliphatic rings. The van der Waals surface area contributed by atoms with Crippen molar-refractivity contribution in [3.05, 3.63) is 58.4 Å². The van der Waals surface area contributed by atoms with Gasteiger partial charge in [0.2, 0.25) is 0 Å². The summed E-state index contributed by atoms with van der Waals surface area (Å²) in [5, 5.41) is 31.6. The molecule has 1 aromatic heterocycles. The number of rotatable bonds is 2. The fraction of sp³-hybridized carbons (Fsp3) is 0. The zero-order valence-electron chi connectivity index (χ0n) is 11.6. The number of amides is 1. The molecule has 1 amide bonds. The number of carbonyl (C=O) groups is 1. The summed E-state index contributed by atoms with van der Waals surface area (Å²) in [4.78, 5) is 24.2. The van der Waals surface area contributed by atoms with E-state index in [0.29, 0.717) is 5.69 Å². The van der Waals surface area contributed by atoms with E-state index in [1.54, 1.807) is 30.3 Å². The van der Waals surface area contributed by atoms with E-state index >= 15 is 0 Å². The highest BCUT2D eigenvalue weighted by Crippen LogP contribution is 2.36. The van der Waals surface area contributed by atoms with Crippen LogP contribution < -0.4 is 10.9 Å². The first kappa shape index (κ1) is 14.5. The quantitative estimate of drug-likeness (QED) is 0.538. The van der Waals surface area contributed by atoms with Crippen molar-refractivity contribution in [1.82, 2.24) is 0 Å². The molecule has 0 saturated carbocycles. The minimum absolute atomic E-state index is 0.235. The minimum Gasteiger partial charge on any atom is -0.508 e. The molecular weight excluding hydrogens is 302 g/mol. The Labute approximate surface area is 129 Å². The first-order valence-corrected chi connectivity index (χ1v) is 6.55. The van der Waals surface area contributed by atoms with Gasteiger partial charge in [-0.05, 0) is 12.1 Å². The summed E-state index contributed by atoms with van der Waals surface area (Å²) >= 11 is 0. The molecule has 23 heavy (non-hydrogen) atoms. The fourth-order valence-electron chi connectivity index (χ4n) is 2.19. The third-order valence-corrected chi connectivity index (χ3v) is 3.21. The zero-order chi connectivity index (χ0) is 16.6. The lowest BCUT2D eigenvalue weighted by Gasteiger charge is -2.08. The van der Waals surface area contributed by atoms with Gasteiger partial charge in [-0.2, -0.15) is 0 Å². The maximum atomic E-state index is 12.2. The van der Waals surface area contributed by atoms with E-state index < -0.39 is 28.6 Å². The zero-order valence-corrected chi connectivity index (χ0v) is 11.6. The average molecular weight is 313 g/mol. The topological polar surface area (TPSA) is 120 Å². The van der Waals surface area contributed by atoms with Gasteiger partial charge in [-0.3, -0.25) is 4.79 Å². The minimum atomic E-state index is -1.09. The van der Waals surface area contributed by atoms with Gasteiger partial charge in [0.1, 0.15) is 22.5 Å². The number of phenols is 2. The molecule has 116 valence electrons. The molecule has 0 spiro atoms. The molecule has 0 radical (unpaired) electrons. The smallest absolute Gasteiger partial charge is 0.353 e. The molecule has 7 nitrogen and oxygen atoms in total. The van der Waals surface area contributed by atoms with E-state index in [1.807, 2.05) is 0 Å². The molecule has 4 N–H and O–H groups in total. The fourth-order valence-corrected chi connectivity index (χ4v) is 2.19. The van der Waals surface area contributed by atoms with Crippen LogP contribution in [0.2, 0.25) is 0 Å². The molecule has 0 fully saturated rings. The Balaban J connectivity index is 2.14. The molecule has 3 rings (SSSR count). The van der Waals surface area contributed by atoms with Gasteiger partial charge >= 0.3 is 5.63 Å². The predicted octanol–water partition coefficient (Wildman–Crippen LogP) is 2.16. The highest BCUT2D eigenvalue weighted by Gasteiger charge is 2.23. The second-order valence-electron chi connectivity index (χ2n) is 4.77. The van der Waals surface area contributed by atoms with Crippen LogP contribution in [-0.2, 0) is 0 Å². The normalized spacial score (nSPS) is 10.6. The molecule has 3 aromatic rings. The van der Waals surface area contributed by atoms with Crippen LogP contribution in [0.5, 0.6) is 17.2 Å². The molecule has 1 heterocycles. The lowest BCUT2D eigenvalue weighted by Crippen LogP contribution is -2.21. The number of phenolic OH excluding ortho intramolecular Hbond substituents is 2. The molecule has 7 heteroatoms. The van der Waals surface area contributed by atoms with Crippen molar-refractivity contribution < 1.29 is 24.5 Å². The van der Waals surface area contributed by atoms with E-state index in [2.05, 4.69) is 5.32 Å². The number of para-hydroxylation sites is 1. The number of fused-ring (bicyclic) bond motifs is 1. The highest BCUT2D eigenvalue weighted by atomic mass is 16.4. The summed E-state index contributed by atoms with van der Waals surface area (Å²) in [5.41, 5.74) is -1.54. The standard InChI is InChI=1S/C16H11NO6/c18-9-6-10(19)12-11(7-9)23-16(22)13(14(12)20)15(21)17-8-4-2-1-3-5-8/h1-7,18-20H,(H,17,21). The number of benzene rings is 2. The number of nitrogens with one attached hydrogen (secondary N) is 1. The molecule has 0 saturated heterocycles. The average Bonchev–Trinajstić information content (AvgIpc) is 2.46. The number of hydrogen-bond donors (Lipinski definition) is 4. The van der Waals surface area contributed by atoms with Crippen LogP contribution in [0.3, 0.4) is 0 Å². The van der Waals surface area contributed by atoms with Crippen LogP contribution in [0, 0.1) is 0 Å². The summed E-state index contributed by atoms with van der Waals surface area (Å²) in [6.45, 7) is 0. The van der Waals surface area contributed by atoms with Crippen LogP contribution in [0.25, 0.3) is 11.0 Å². The van der Waals surface area contributed by atoms with Crippen LogP contribution in [0.1, 0.15) is 10.4 Å². The summed E-state index contributed by atoms with van der Waals surface area (Å²) in [6.07, 6.45) is 0. The summed E-state index contributed by atoms with van der Waals surface area (Å²) in [6, 6.07) is 10.3. The molecular formula is C16H11NO6. The Hall–Kier alpha value is -3.48. The van der Waals surface area contributed by atoms with E-state index in [1.165, 1.54) is 0 Å². The number of carbonyl (C=O) groups excluding carboxylic acids is 1. The van der Waals surface area contributed by atoms with E-state index in [-0.39, 0.29) is 16.7 Å². The second-order valence-corrected chi connectivity index (χ2v) is 4.77. The van der Waals surface area contributed by atoms with Gasteiger partial charge in [0.05, 0.1) is 0 Å². The Morgan fingerprint density at radius 2 is 1.74 bits per heavy atom. The highest BCUT2D eigenvalue weighted by molar-refractivity contribution is 6.09. The monoisotopic (exact) mass is 313 g/mol. The second kappa shape index (κ2) is 5.38. The van der Waals surface area contributed by atoms with Gasteiger partial charge in [0.25, 0.3) is 5.91 Å². The molecule has 0 unspecified atom stereocenters. The Morgan fingerprint density at radius 1 is 1.04 bits per heavy atom. The van der Waals surface area contributed by atoms with Gasteiger partial charge in [-0.15, -0.1) is 0 Å². The van der Waals surface area contributed by atoms with E-state index in [9.17, 15) is 24.9 Å².